The quantitative estimate of drug-likeness (QED) is 0.743. The van der Waals surface area contributed by atoms with Gasteiger partial charge in [-0.3, -0.25) is 4.90 Å². The second-order valence-electron chi connectivity index (χ2n) is 7.44. The van der Waals surface area contributed by atoms with E-state index in [4.69, 9.17) is 4.74 Å². The van der Waals surface area contributed by atoms with Crippen molar-refractivity contribution in [2.75, 3.05) is 40.3 Å². The average Bonchev–Trinajstić information content (AvgIpc) is 2.34. The van der Waals surface area contributed by atoms with E-state index in [0.29, 0.717) is 12.1 Å². The summed E-state index contributed by atoms with van der Waals surface area (Å²) in [5.41, 5.74) is 1.31. The number of hydrogen-bond donors (Lipinski definition) is 0. The topological polar surface area (TPSA) is 31.3 Å². The zero-order chi connectivity index (χ0) is 15.8. The van der Waals surface area contributed by atoms with Gasteiger partial charge in [-0.05, 0) is 32.0 Å². The molecule has 0 N–H and O–H groups in total. The Bertz CT molecular complexity index is 418. The van der Waals surface area contributed by atoms with Crippen LogP contribution in [-0.2, 0) is 4.74 Å². The number of ether oxygens (including phenoxy) is 1. The molecule has 0 bridgehead atoms. The number of nitrogens with zero attached hydrogens (tertiary/aromatic N) is 4. The highest BCUT2D eigenvalue weighted by atomic mass is 16.5. The van der Waals surface area contributed by atoms with Crippen molar-refractivity contribution in [3.63, 3.8) is 0 Å². The Morgan fingerprint density at radius 2 is 1.90 bits per heavy atom. The van der Waals surface area contributed by atoms with Gasteiger partial charge in [0, 0.05) is 25.8 Å². The number of allylic oxidation sites excluding steroid dienone is 1. The predicted octanol–water partition coefficient (Wildman–Crippen LogP) is 1.83. The molecule has 2 aliphatic rings. The Morgan fingerprint density at radius 1 is 1.29 bits per heavy atom. The lowest BCUT2D eigenvalue weighted by molar-refractivity contribution is -0.0542. The molecule has 2 rings (SSSR count). The Kier molecular flexibility index (Phi) is 4.63. The number of likely N-dealkylation sites (N-methyl/N-ethyl adjacent to an activating group) is 1. The van der Waals surface area contributed by atoms with Crippen LogP contribution >= 0.6 is 0 Å². The highest BCUT2D eigenvalue weighted by Crippen LogP contribution is 2.32. The van der Waals surface area contributed by atoms with Crippen LogP contribution in [0.25, 0.3) is 0 Å². The number of rotatable bonds is 3. The van der Waals surface area contributed by atoms with Crippen molar-refractivity contribution in [3.05, 3.63) is 11.5 Å². The van der Waals surface area contributed by atoms with E-state index >= 15 is 0 Å². The molecule has 0 aliphatic carbocycles. The predicted molar refractivity (Wildman–Crippen MR) is 87.2 cm³/mol. The zero-order valence-electron chi connectivity index (χ0n) is 14.4. The first-order chi connectivity index (χ1) is 9.74. The van der Waals surface area contributed by atoms with E-state index in [2.05, 4.69) is 63.4 Å². The molecule has 120 valence electrons. The summed E-state index contributed by atoms with van der Waals surface area (Å²) in [6.07, 6.45) is 0. The van der Waals surface area contributed by atoms with Crippen LogP contribution in [0.4, 0.5) is 0 Å². The van der Waals surface area contributed by atoms with Gasteiger partial charge in [-0.1, -0.05) is 20.8 Å². The molecule has 0 radical (unpaired) electrons. The molecule has 2 saturated heterocycles. The Morgan fingerprint density at radius 3 is 2.38 bits per heavy atom. The van der Waals surface area contributed by atoms with Crippen LogP contribution < -0.4 is 0 Å². The summed E-state index contributed by atoms with van der Waals surface area (Å²) in [5.74, 6) is 0.887. The van der Waals surface area contributed by atoms with E-state index in [1.165, 1.54) is 5.57 Å². The van der Waals surface area contributed by atoms with Crippen molar-refractivity contribution >= 4 is 6.72 Å². The molecule has 2 fully saturated rings. The monoisotopic (exact) mass is 294 g/mol. The number of hydrazone groups is 1. The number of likely N-dealkylation sites (tertiary alicyclic amines) is 1. The van der Waals surface area contributed by atoms with E-state index in [1.807, 2.05) is 5.01 Å². The maximum atomic E-state index is 6.05. The Balaban J connectivity index is 2.02. The molecule has 0 aromatic carbocycles. The maximum absolute atomic E-state index is 6.05. The molecule has 1 atom stereocenters. The summed E-state index contributed by atoms with van der Waals surface area (Å²) in [6.45, 7) is 16.3. The summed E-state index contributed by atoms with van der Waals surface area (Å²) in [6, 6.07) is 1.08. The van der Waals surface area contributed by atoms with Crippen LogP contribution in [0.3, 0.4) is 0 Å². The van der Waals surface area contributed by atoms with Crippen LogP contribution in [0.1, 0.15) is 27.7 Å². The summed E-state index contributed by atoms with van der Waals surface area (Å²) in [4.78, 5) is 4.77. The first-order valence-corrected chi connectivity index (χ1v) is 7.73. The molecule has 0 aromatic rings. The highest BCUT2D eigenvalue weighted by Gasteiger charge is 2.38. The van der Waals surface area contributed by atoms with E-state index < -0.39 is 0 Å². The molecule has 0 aromatic heterocycles. The molecule has 0 amide bonds. The van der Waals surface area contributed by atoms with Crippen molar-refractivity contribution in [1.29, 1.82) is 0 Å². The first-order valence-electron chi connectivity index (χ1n) is 7.73. The van der Waals surface area contributed by atoms with Crippen LogP contribution in [-0.4, -0.2) is 73.9 Å². The van der Waals surface area contributed by atoms with E-state index in [1.54, 1.807) is 0 Å². The second kappa shape index (κ2) is 5.97. The second-order valence-corrected chi connectivity index (χ2v) is 7.44. The van der Waals surface area contributed by atoms with Gasteiger partial charge in [0.2, 0.25) is 5.88 Å². The Labute approximate surface area is 129 Å². The van der Waals surface area contributed by atoms with Gasteiger partial charge in [-0.15, -0.1) is 0 Å². The molecular formula is C16H30N4O. The summed E-state index contributed by atoms with van der Waals surface area (Å²) in [5, 5.41) is 6.10. The zero-order valence-corrected chi connectivity index (χ0v) is 14.4. The molecule has 5 heteroatoms. The fourth-order valence-corrected chi connectivity index (χ4v) is 2.66. The lowest BCUT2D eigenvalue weighted by Gasteiger charge is -2.49. The summed E-state index contributed by atoms with van der Waals surface area (Å²) in [7, 11) is 4.29. The van der Waals surface area contributed by atoms with Gasteiger partial charge in [0.15, 0.2) is 0 Å². The SMILES string of the molecule is C=NN1CC(N2CC(N(C)C)C2)CO/C1=C(/C)C(C)(C)C. The third-order valence-electron chi connectivity index (χ3n) is 4.78. The number of hydrogen-bond acceptors (Lipinski definition) is 5. The van der Waals surface area contributed by atoms with E-state index in [9.17, 15) is 0 Å². The van der Waals surface area contributed by atoms with Crippen LogP contribution in [0, 0.1) is 5.41 Å². The Hall–Kier alpha value is -1.07. The van der Waals surface area contributed by atoms with Crippen molar-refractivity contribution in [3.8, 4) is 0 Å². The third-order valence-corrected chi connectivity index (χ3v) is 4.78. The lowest BCUT2D eigenvalue weighted by atomic mass is 9.87. The fraction of sp³-hybridized carbons (Fsp3) is 0.812. The first kappa shape index (κ1) is 16.3. The molecule has 2 aliphatic heterocycles. The van der Waals surface area contributed by atoms with Gasteiger partial charge >= 0.3 is 0 Å². The maximum Gasteiger partial charge on any atom is 0.209 e. The molecular weight excluding hydrogens is 264 g/mol. The van der Waals surface area contributed by atoms with Crippen LogP contribution in [0.15, 0.2) is 16.6 Å². The molecule has 5 nitrogen and oxygen atoms in total. The largest absolute Gasteiger partial charge is 0.476 e. The minimum Gasteiger partial charge on any atom is -0.476 e. The van der Waals surface area contributed by atoms with Gasteiger partial charge in [0.05, 0.1) is 12.6 Å². The summed E-state index contributed by atoms with van der Waals surface area (Å²) < 4.78 is 6.05. The third kappa shape index (κ3) is 3.40. The average molecular weight is 294 g/mol. The van der Waals surface area contributed by atoms with Crippen molar-refractivity contribution in [2.45, 2.75) is 39.8 Å². The van der Waals surface area contributed by atoms with Crippen molar-refractivity contribution < 1.29 is 4.74 Å². The van der Waals surface area contributed by atoms with Crippen molar-refractivity contribution in [2.24, 2.45) is 10.5 Å². The van der Waals surface area contributed by atoms with Crippen molar-refractivity contribution in [1.82, 2.24) is 14.8 Å². The van der Waals surface area contributed by atoms with E-state index in [-0.39, 0.29) is 5.41 Å². The lowest BCUT2D eigenvalue weighted by Crippen LogP contribution is -2.64. The van der Waals surface area contributed by atoms with Gasteiger partial charge in [-0.25, -0.2) is 5.01 Å². The molecule has 21 heavy (non-hydrogen) atoms. The molecule has 2 heterocycles. The minimum atomic E-state index is 0.0812. The molecule has 0 spiro atoms. The van der Waals surface area contributed by atoms with Crippen LogP contribution in [0.5, 0.6) is 0 Å². The molecule has 1 unspecified atom stereocenters. The minimum absolute atomic E-state index is 0.0812. The summed E-state index contributed by atoms with van der Waals surface area (Å²) >= 11 is 0. The van der Waals surface area contributed by atoms with E-state index in [0.717, 1.165) is 32.1 Å². The van der Waals surface area contributed by atoms with Gasteiger partial charge in [-0.2, -0.15) is 5.10 Å². The smallest absolute Gasteiger partial charge is 0.209 e. The standard InChI is InChI=1S/C16H30N4O/c1-12(16(2,3)4)15-20(17-5)10-14(11-21-15)19-8-13(9-19)18(6)7/h13-14H,5,8-11H2,1-4,6-7H3/b15-12-. The van der Waals surface area contributed by atoms with Gasteiger partial charge < -0.3 is 9.64 Å². The molecule has 0 saturated carbocycles. The van der Waals surface area contributed by atoms with Crippen LogP contribution in [0.2, 0.25) is 0 Å². The highest BCUT2D eigenvalue weighted by molar-refractivity contribution is 5.24. The fourth-order valence-electron chi connectivity index (χ4n) is 2.66. The normalized spacial score (nSPS) is 27.4. The van der Waals surface area contributed by atoms with Gasteiger partial charge in [0.1, 0.15) is 6.61 Å². The van der Waals surface area contributed by atoms with Gasteiger partial charge in [0.25, 0.3) is 0 Å².